The highest BCUT2D eigenvalue weighted by molar-refractivity contribution is 6.34. The van der Waals surface area contributed by atoms with Crippen molar-refractivity contribution in [1.29, 1.82) is 0 Å². The van der Waals surface area contributed by atoms with Crippen LogP contribution >= 0.6 is 11.6 Å². The van der Waals surface area contributed by atoms with Gasteiger partial charge in [-0.05, 0) is 25.5 Å². The highest BCUT2D eigenvalue weighted by atomic mass is 35.5. The van der Waals surface area contributed by atoms with Gasteiger partial charge in [-0.3, -0.25) is 14.9 Å². The van der Waals surface area contributed by atoms with Crippen LogP contribution in [0.1, 0.15) is 19.3 Å². The van der Waals surface area contributed by atoms with Crippen LogP contribution in [-0.2, 0) is 4.79 Å². The first-order chi connectivity index (χ1) is 9.08. The standard InChI is InChI=1S/C12H14ClN3O3/c13-9-7-8(16(18)19)4-5-10(9)15-12(17)11-3-1-2-6-14-11/h4-5,7,11,14H,1-3,6H2,(H,15,17). The lowest BCUT2D eigenvalue weighted by atomic mass is 10.0. The second kappa shape index (κ2) is 5.99. The van der Waals surface area contributed by atoms with Gasteiger partial charge in [0.15, 0.2) is 0 Å². The predicted molar refractivity (Wildman–Crippen MR) is 72.4 cm³/mol. The quantitative estimate of drug-likeness (QED) is 0.659. The molecule has 1 aromatic rings. The summed E-state index contributed by atoms with van der Waals surface area (Å²) < 4.78 is 0. The van der Waals surface area contributed by atoms with Gasteiger partial charge in [-0.1, -0.05) is 18.0 Å². The molecule has 1 atom stereocenters. The number of carbonyl (C=O) groups excluding carboxylic acids is 1. The number of nitro benzene ring substituents is 1. The van der Waals surface area contributed by atoms with E-state index in [9.17, 15) is 14.9 Å². The van der Waals surface area contributed by atoms with Gasteiger partial charge in [0.05, 0.1) is 21.7 Å². The number of rotatable bonds is 3. The molecule has 0 radical (unpaired) electrons. The van der Waals surface area contributed by atoms with Gasteiger partial charge in [-0.2, -0.15) is 0 Å². The van der Waals surface area contributed by atoms with Crippen LogP contribution in [0.25, 0.3) is 0 Å². The smallest absolute Gasteiger partial charge is 0.271 e. The van der Waals surface area contributed by atoms with Crippen molar-refractivity contribution < 1.29 is 9.72 Å². The topological polar surface area (TPSA) is 84.3 Å². The molecule has 19 heavy (non-hydrogen) atoms. The summed E-state index contributed by atoms with van der Waals surface area (Å²) in [5.74, 6) is -0.157. The van der Waals surface area contributed by atoms with Crippen molar-refractivity contribution in [3.63, 3.8) is 0 Å². The first kappa shape index (κ1) is 13.8. The third-order valence-corrected chi connectivity index (χ3v) is 3.36. The van der Waals surface area contributed by atoms with E-state index in [1.54, 1.807) is 0 Å². The van der Waals surface area contributed by atoms with Crippen LogP contribution < -0.4 is 10.6 Å². The number of hydrogen-bond donors (Lipinski definition) is 2. The van der Waals surface area contributed by atoms with Crippen LogP contribution in [0.15, 0.2) is 18.2 Å². The van der Waals surface area contributed by atoms with Crippen molar-refractivity contribution in [2.24, 2.45) is 0 Å². The van der Waals surface area contributed by atoms with Gasteiger partial charge in [0.1, 0.15) is 0 Å². The highest BCUT2D eigenvalue weighted by Crippen LogP contribution is 2.27. The average Bonchev–Trinajstić information content (AvgIpc) is 2.41. The van der Waals surface area contributed by atoms with E-state index in [-0.39, 0.29) is 22.7 Å². The van der Waals surface area contributed by atoms with Crippen LogP contribution in [0.4, 0.5) is 11.4 Å². The normalized spacial score (nSPS) is 18.9. The summed E-state index contributed by atoms with van der Waals surface area (Å²) >= 11 is 5.92. The fraction of sp³-hybridized carbons (Fsp3) is 0.417. The molecule has 1 saturated heterocycles. The molecule has 1 aromatic carbocycles. The van der Waals surface area contributed by atoms with E-state index in [4.69, 9.17) is 11.6 Å². The Balaban J connectivity index is 2.06. The summed E-state index contributed by atoms with van der Waals surface area (Å²) in [7, 11) is 0. The van der Waals surface area contributed by atoms with Crippen LogP contribution in [0, 0.1) is 10.1 Å². The average molecular weight is 284 g/mol. The third-order valence-electron chi connectivity index (χ3n) is 3.05. The Morgan fingerprint density at radius 3 is 2.84 bits per heavy atom. The highest BCUT2D eigenvalue weighted by Gasteiger charge is 2.21. The number of nitro groups is 1. The first-order valence-corrected chi connectivity index (χ1v) is 6.44. The minimum absolute atomic E-state index is 0.0983. The van der Waals surface area contributed by atoms with Gasteiger partial charge in [-0.25, -0.2) is 0 Å². The molecule has 0 aromatic heterocycles. The minimum atomic E-state index is -0.528. The Morgan fingerprint density at radius 1 is 1.47 bits per heavy atom. The fourth-order valence-corrected chi connectivity index (χ4v) is 2.24. The zero-order valence-corrected chi connectivity index (χ0v) is 10.9. The first-order valence-electron chi connectivity index (χ1n) is 6.06. The molecule has 1 heterocycles. The molecule has 1 aliphatic heterocycles. The number of piperidine rings is 1. The molecular weight excluding hydrogens is 270 g/mol. The third kappa shape index (κ3) is 3.42. The van der Waals surface area contributed by atoms with Crippen LogP contribution in [0.5, 0.6) is 0 Å². The van der Waals surface area contributed by atoms with Crippen molar-refractivity contribution in [2.75, 3.05) is 11.9 Å². The molecule has 6 nitrogen and oxygen atoms in total. The molecule has 1 unspecified atom stereocenters. The summed E-state index contributed by atoms with van der Waals surface area (Å²) in [6.45, 7) is 0.825. The van der Waals surface area contributed by atoms with Crippen molar-refractivity contribution in [1.82, 2.24) is 5.32 Å². The van der Waals surface area contributed by atoms with Gasteiger partial charge in [-0.15, -0.1) is 0 Å². The maximum atomic E-state index is 12.0. The van der Waals surface area contributed by atoms with E-state index in [0.29, 0.717) is 5.69 Å². The SMILES string of the molecule is O=C(Nc1ccc([N+](=O)[O-])cc1Cl)C1CCCCN1. The fourth-order valence-electron chi connectivity index (χ4n) is 2.01. The lowest BCUT2D eigenvalue weighted by Gasteiger charge is -2.22. The Hall–Kier alpha value is -1.66. The number of hydrogen-bond acceptors (Lipinski definition) is 4. The second-order valence-electron chi connectivity index (χ2n) is 4.41. The molecule has 2 rings (SSSR count). The molecule has 2 N–H and O–H groups in total. The zero-order chi connectivity index (χ0) is 13.8. The van der Waals surface area contributed by atoms with E-state index in [1.165, 1.54) is 18.2 Å². The summed E-state index contributed by atoms with van der Waals surface area (Å²) in [6, 6.07) is 3.77. The Labute approximate surface area is 115 Å². The van der Waals surface area contributed by atoms with Gasteiger partial charge in [0.25, 0.3) is 5.69 Å². The van der Waals surface area contributed by atoms with Crippen molar-refractivity contribution in [2.45, 2.75) is 25.3 Å². The number of benzene rings is 1. The van der Waals surface area contributed by atoms with Crippen molar-refractivity contribution in [3.05, 3.63) is 33.3 Å². The van der Waals surface area contributed by atoms with Crippen molar-refractivity contribution in [3.8, 4) is 0 Å². The number of anilines is 1. The molecule has 0 spiro atoms. The van der Waals surface area contributed by atoms with E-state index in [0.717, 1.165) is 25.8 Å². The molecule has 0 bridgehead atoms. The molecule has 1 fully saturated rings. The molecule has 1 amide bonds. The molecule has 1 aliphatic rings. The largest absolute Gasteiger partial charge is 0.323 e. The maximum absolute atomic E-state index is 12.0. The maximum Gasteiger partial charge on any atom is 0.271 e. The predicted octanol–water partition coefficient (Wildman–Crippen LogP) is 2.33. The zero-order valence-electron chi connectivity index (χ0n) is 10.2. The Kier molecular flexibility index (Phi) is 4.34. The monoisotopic (exact) mass is 283 g/mol. The molecule has 0 aliphatic carbocycles. The minimum Gasteiger partial charge on any atom is -0.323 e. The van der Waals surface area contributed by atoms with Crippen LogP contribution in [-0.4, -0.2) is 23.4 Å². The molecular formula is C12H14ClN3O3. The molecule has 0 saturated carbocycles. The van der Waals surface area contributed by atoms with Gasteiger partial charge in [0.2, 0.25) is 5.91 Å². The number of non-ortho nitro benzene ring substituents is 1. The number of amides is 1. The Morgan fingerprint density at radius 2 is 2.26 bits per heavy atom. The second-order valence-corrected chi connectivity index (χ2v) is 4.82. The van der Waals surface area contributed by atoms with Crippen LogP contribution in [0.3, 0.4) is 0 Å². The lowest BCUT2D eigenvalue weighted by Crippen LogP contribution is -2.43. The Bertz CT molecular complexity index is 501. The van der Waals surface area contributed by atoms with Gasteiger partial charge in [0, 0.05) is 12.1 Å². The van der Waals surface area contributed by atoms with Gasteiger partial charge < -0.3 is 10.6 Å². The van der Waals surface area contributed by atoms with Gasteiger partial charge >= 0.3 is 0 Å². The van der Waals surface area contributed by atoms with E-state index in [1.807, 2.05) is 0 Å². The summed E-state index contributed by atoms with van der Waals surface area (Å²) in [4.78, 5) is 22.0. The van der Waals surface area contributed by atoms with E-state index >= 15 is 0 Å². The summed E-state index contributed by atoms with van der Waals surface area (Å²) in [6.07, 6.45) is 2.87. The molecule has 102 valence electrons. The lowest BCUT2D eigenvalue weighted by molar-refractivity contribution is -0.384. The number of nitrogens with zero attached hydrogens (tertiary/aromatic N) is 1. The summed E-state index contributed by atoms with van der Waals surface area (Å²) in [5, 5.41) is 16.6. The van der Waals surface area contributed by atoms with E-state index < -0.39 is 4.92 Å². The van der Waals surface area contributed by atoms with Crippen molar-refractivity contribution >= 4 is 28.9 Å². The molecule has 7 heteroatoms. The number of carbonyl (C=O) groups is 1. The number of nitrogens with one attached hydrogen (secondary N) is 2. The van der Waals surface area contributed by atoms with Crippen LogP contribution in [0.2, 0.25) is 5.02 Å². The number of halogens is 1. The van der Waals surface area contributed by atoms with E-state index in [2.05, 4.69) is 10.6 Å². The summed E-state index contributed by atoms with van der Waals surface area (Å²) in [5.41, 5.74) is 0.295.